The van der Waals surface area contributed by atoms with Crippen LogP contribution in [0.5, 0.6) is 0 Å². The SMILES string of the molecule is O=C(O)c1ccnc(NCCOC2CCCCCC2)n1. The Balaban J connectivity index is 1.70. The molecule has 0 bridgehead atoms. The van der Waals surface area contributed by atoms with Crippen LogP contribution in [0, 0.1) is 0 Å². The van der Waals surface area contributed by atoms with E-state index in [1.54, 1.807) is 0 Å². The summed E-state index contributed by atoms with van der Waals surface area (Å²) in [5.74, 6) is -0.723. The number of hydrogen-bond donors (Lipinski definition) is 2. The zero-order valence-electron chi connectivity index (χ0n) is 11.5. The summed E-state index contributed by atoms with van der Waals surface area (Å²) in [6.45, 7) is 1.17. The van der Waals surface area contributed by atoms with Crippen molar-refractivity contribution in [1.29, 1.82) is 0 Å². The van der Waals surface area contributed by atoms with Gasteiger partial charge in [-0.3, -0.25) is 0 Å². The summed E-state index contributed by atoms with van der Waals surface area (Å²) in [5.41, 5.74) is -0.00723. The number of hydrogen-bond acceptors (Lipinski definition) is 5. The Hall–Kier alpha value is -1.69. The maximum absolute atomic E-state index is 10.8. The van der Waals surface area contributed by atoms with Gasteiger partial charge in [0.15, 0.2) is 5.69 Å². The fourth-order valence-corrected chi connectivity index (χ4v) is 2.36. The van der Waals surface area contributed by atoms with Gasteiger partial charge < -0.3 is 15.2 Å². The number of carboxylic acid groups (broad SMARTS) is 1. The van der Waals surface area contributed by atoms with Crippen LogP contribution >= 0.6 is 0 Å². The van der Waals surface area contributed by atoms with Crippen LogP contribution in [0.25, 0.3) is 0 Å². The smallest absolute Gasteiger partial charge is 0.354 e. The van der Waals surface area contributed by atoms with Crippen LogP contribution in [0.15, 0.2) is 12.3 Å². The van der Waals surface area contributed by atoms with E-state index in [1.165, 1.54) is 37.9 Å². The van der Waals surface area contributed by atoms with Gasteiger partial charge in [0.2, 0.25) is 5.95 Å². The quantitative estimate of drug-likeness (QED) is 0.614. The van der Waals surface area contributed by atoms with Crippen molar-refractivity contribution in [3.05, 3.63) is 18.0 Å². The van der Waals surface area contributed by atoms with Gasteiger partial charge in [-0.05, 0) is 18.9 Å². The van der Waals surface area contributed by atoms with Crippen LogP contribution in [-0.2, 0) is 4.74 Å². The maximum Gasteiger partial charge on any atom is 0.354 e. The molecule has 1 aliphatic rings. The van der Waals surface area contributed by atoms with E-state index in [0.29, 0.717) is 25.2 Å². The number of nitrogens with zero attached hydrogens (tertiary/aromatic N) is 2. The van der Waals surface area contributed by atoms with Gasteiger partial charge in [0.1, 0.15) is 0 Å². The summed E-state index contributed by atoms with van der Waals surface area (Å²) < 4.78 is 5.83. The van der Waals surface area contributed by atoms with Gasteiger partial charge in [-0.2, -0.15) is 0 Å². The zero-order valence-corrected chi connectivity index (χ0v) is 11.5. The Morgan fingerprint density at radius 1 is 1.35 bits per heavy atom. The standard InChI is InChI=1S/C14H21N3O3/c18-13(19)12-7-8-15-14(17-12)16-9-10-20-11-5-3-1-2-4-6-11/h7-8,11H,1-6,9-10H2,(H,18,19)(H,15,16,17). The van der Waals surface area contributed by atoms with Crippen LogP contribution in [0.3, 0.4) is 0 Å². The lowest BCUT2D eigenvalue weighted by Gasteiger charge is -2.15. The Kier molecular flexibility index (Phi) is 5.73. The normalized spacial score (nSPS) is 16.6. The summed E-state index contributed by atoms with van der Waals surface area (Å²) in [6, 6.07) is 1.37. The molecular weight excluding hydrogens is 258 g/mol. The Morgan fingerprint density at radius 3 is 2.80 bits per heavy atom. The van der Waals surface area contributed by atoms with Gasteiger partial charge in [0, 0.05) is 12.7 Å². The molecule has 0 unspecified atom stereocenters. The second-order valence-corrected chi connectivity index (χ2v) is 4.98. The van der Waals surface area contributed by atoms with Crippen molar-refractivity contribution in [1.82, 2.24) is 9.97 Å². The van der Waals surface area contributed by atoms with Crippen LogP contribution in [0.2, 0.25) is 0 Å². The molecule has 0 aliphatic heterocycles. The molecule has 0 radical (unpaired) electrons. The third-order valence-corrected chi connectivity index (χ3v) is 3.42. The highest BCUT2D eigenvalue weighted by Crippen LogP contribution is 2.19. The summed E-state index contributed by atoms with van der Waals surface area (Å²) >= 11 is 0. The van der Waals surface area contributed by atoms with Gasteiger partial charge >= 0.3 is 5.97 Å². The highest BCUT2D eigenvalue weighted by molar-refractivity contribution is 5.85. The average molecular weight is 279 g/mol. The van der Waals surface area contributed by atoms with Gasteiger partial charge in [0.05, 0.1) is 12.7 Å². The second-order valence-electron chi connectivity index (χ2n) is 4.98. The van der Waals surface area contributed by atoms with Gasteiger partial charge in [-0.25, -0.2) is 14.8 Å². The summed E-state index contributed by atoms with van der Waals surface area (Å²) in [4.78, 5) is 18.7. The van der Waals surface area contributed by atoms with Crippen molar-refractivity contribution in [2.75, 3.05) is 18.5 Å². The van der Waals surface area contributed by atoms with E-state index in [1.807, 2.05) is 0 Å². The van der Waals surface area contributed by atoms with Gasteiger partial charge in [-0.1, -0.05) is 25.7 Å². The molecule has 2 rings (SSSR count). The lowest BCUT2D eigenvalue weighted by atomic mass is 10.1. The number of nitrogens with one attached hydrogen (secondary N) is 1. The number of carbonyl (C=O) groups is 1. The van der Waals surface area contributed by atoms with E-state index in [4.69, 9.17) is 9.84 Å². The molecule has 0 aromatic carbocycles. The molecule has 1 aromatic rings. The zero-order chi connectivity index (χ0) is 14.2. The van der Waals surface area contributed by atoms with E-state index in [9.17, 15) is 4.79 Å². The monoisotopic (exact) mass is 279 g/mol. The molecule has 0 saturated heterocycles. The number of ether oxygens (including phenoxy) is 1. The van der Waals surface area contributed by atoms with E-state index in [-0.39, 0.29) is 5.69 Å². The Morgan fingerprint density at radius 2 is 2.10 bits per heavy atom. The van der Waals surface area contributed by atoms with Crippen molar-refractivity contribution in [3.8, 4) is 0 Å². The highest BCUT2D eigenvalue weighted by Gasteiger charge is 2.12. The van der Waals surface area contributed by atoms with E-state index < -0.39 is 5.97 Å². The first kappa shape index (κ1) is 14.7. The Bertz CT molecular complexity index is 431. The van der Waals surface area contributed by atoms with Crippen LogP contribution < -0.4 is 5.32 Å². The summed E-state index contributed by atoms with van der Waals surface area (Å²) in [6.07, 6.45) is 9.22. The minimum absolute atomic E-state index is 0.00723. The molecule has 1 aliphatic carbocycles. The molecular formula is C14H21N3O3. The molecule has 6 nitrogen and oxygen atoms in total. The molecule has 1 aromatic heterocycles. The summed E-state index contributed by atoms with van der Waals surface area (Å²) in [5, 5.41) is 11.8. The van der Waals surface area contributed by atoms with Gasteiger partial charge in [-0.15, -0.1) is 0 Å². The minimum atomic E-state index is -1.05. The molecule has 1 fully saturated rings. The molecule has 0 spiro atoms. The van der Waals surface area contributed by atoms with Gasteiger partial charge in [0.25, 0.3) is 0 Å². The minimum Gasteiger partial charge on any atom is -0.477 e. The maximum atomic E-state index is 10.8. The third-order valence-electron chi connectivity index (χ3n) is 3.42. The fourth-order valence-electron chi connectivity index (χ4n) is 2.36. The number of carboxylic acids is 1. The predicted octanol–water partition coefficient (Wildman–Crippen LogP) is 2.33. The average Bonchev–Trinajstić information content (AvgIpc) is 2.72. The van der Waals surface area contributed by atoms with Crippen molar-refractivity contribution in [3.63, 3.8) is 0 Å². The first-order chi connectivity index (χ1) is 9.75. The first-order valence-corrected chi connectivity index (χ1v) is 7.17. The van der Waals surface area contributed by atoms with Crippen molar-refractivity contribution in [2.45, 2.75) is 44.6 Å². The number of rotatable bonds is 6. The van der Waals surface area contributed by atoms with E-state index >= 15 is 0 Å². The Labute approximate surface area is 118 Å². The number of anilines is 1. The van der Waals surface area contributed by atoms with Crippen LogP contribution in [-0.4, -0.2) is 40.3 Å². The van der Waals surface area contributed by atoms with E-state index in [2.05, 4.69) is 15.3 Å². The molecule has 2 N–H and O–H groups in total. The molecule has 0 atom stereocenters. The molecule has 1 heterocycles. The second kappa shape index (κ2) is 7.79. The summed E-state index contributed by atoms with van der Waals surface area (Å²) in [7, 11) is 0. The molecule has 20 heavy (non-hydrogen) atoms. The van der Waals surface area contributed by atoms with E-state index in [0.717, 1.165) is 12.8 Å². The largest absolute Gasteiger partial charge is 0.477 e. The number of aromatic nitrogens is 2. The first-order valence-electron chi connectivity index (χ1n) is 7.17. The number of aromatic carboxylic acids is 1. The van der Waals surface area contributed by atoms with Crippen molar-refractivity contribution in [2.24, 2.45) is 0 Å². The lowest BCUT2D eigenvalue weighted by molar-refractivity contribution is 0.0501. The fraction of sp³-hybridized carbons (Fsp3) is 0.643. The van der Waals surface area contributed by atoms with Crippen molar-refractivity contribution >= 4 is 11.9 Å². The van der Waals surface area contributed by atoms with Crippen LogP contribution in [0.4, 0.5) is 5.95 Å². The van der Waals surface area contributed by atoms with Crippen molar-refractivity contribution < 1.29 is 14.6 Å². The highest BCUT2D eigenvalue weighted by atomic mass is 16.5. The molecule has 0 amide bonds. The molecule has 1 saturated carbocycles. The molecule has 6 heteroatoms. The third kappa shape index (κ3) is 4.77. The lowest BCUT2D eigenvalue weighted by Crippen LogP contribution is -2.18. The van der Waals surface area contributed by atoms with Crippen LogP contribution in [0.1, 0.15) is 49.0 Å². The molecule has 110 valence electrons. The predicted molar refractivity (Wildman–Crippen MR) is 74.9 cm³/mol. The topological polar surface area (TPSA) is 84.3 Å².